The van der Waals surface area contributed by atoms with Crippen molar-refractivity contribution in [3.05, 3.63) is 154 Å². The monoisotopic (exact) mass is 971 g/mol. The van der Waals surface area contributed by atoms with Gasteiger partial charge >= 0.3 is 5.97 Å². The lowest BCUT2D eigenvalue weighted by Gasteiger charge is -2.46. The Balaban J connectivity index is -0.000000123. The van der Waals surface area contributed by atoms with Crippen LogP contribution in [0.25, 0.3) is 0 Å². The normalized spacial score (nSPS) is 20.4. The number of fused-ring (bicyclic) bond motifs is 4. The number of esters is 1. The Hall–Kier alpha value is -4.11. The van der Waals surface area contributed by atoms with E-state index in [1.165, 1.54) is 50.6 Å². The lowest BCUT2D eigenvalue weighted by molar-refractivity contribution is -0.221. The molecule has 8 rings (SSSR count). The molecule has 404 valence electrons. The molecule has 0 aromatic heterocycles. The molecule has 0 saturated carbocycles. The smallest absolute Gasteiger partial charge is 0.330 e. The summed E-state index contributed by atoms with van der Waals surface area (Å²) in [6, 6.07) is 33.8. The molecule has 6 atom stereocenters. The summed E-state index contributed by atoms with van der Waals surface area (Å²) in [4.78, 5) is 12.2. The molecule has 4 fully saturated rings. The molecule has 0 radical (unpaired) electrons. The van der Waals surface area contributed by atoms with Crippen molar-refractivity contribution in [2.75, 3.05) is 13.2 Å². The van der Waals surface area contributed by atoms with Crippen LogP contribution in [0.15, 0.2) is 110 Å². The SMILES string of the molecule is C.C.C.C.C.C.C.C.C.C.C.C.C.C.C.C=CC(=O)O[C@@H]1[C@@H]2OC[C@H](CC1(Cc1ccccc1C)Cc1ccccc1C)O2.Cc1ccccc1CC1(Cc2ccccc2C)C[C@H]2CO[C@H](O2)[C@H]1O. The van der Waals surface area contributed by atoms with E-state index in [0.717, 1.165) is 38.5 Å². The molecule has 69 heavy (non-hydrogen) atoms. The van der Waals surface area contributed by atoms with E-state index in [1.807, 2.05) is 0 Å². The highest BCUT2D eigenvalue weighted by Crippen LogP contribution is 2.49. The number of aryl methyl sites for hydroxylation is 4. The van der Waals surface area contributed by atoms with Crippen molar-refractivity contribution in [1.29, 1.82) is 0 Å². The van der Waals surface area contributed by atoms with E-state index in [9.17, 15) is 9.90 Å². The minimum atomic E-state index is -0.620. The van der Waals surface area contributed by atoms with Gasteiger partial charge in [-0.2, -0.15) is 0 Å². The summed E-state index contributed by atoms with van der Waals surface area (Å²) in [5.74, 6) is -0.438. The Labute approximate surface area is 430 Å². The fourth-order valence-corrected chi connectivity index (χ4v) is 9.13. The maximum atomic E-state index is 12.2. The van der Waals surface area contributed by atoms with Gasteiger partial charge in [-0.25, -0.2) is 4.79 Å². The van der Waals surface area contributed by atoms with E-state index in [1.54, 1.807) is 0 Å². The van der Waals surface area contributed by atoms with Crippen LogP contribution in [0.1, 0.15) is 169 Å². The number of aliphatic hydroxyl groups excluding tert-OH is 1. The fraction of sp³-hybridized carbons (Fsp3) is 0.565. The van der Waals surface area contributed by atoms with E-state index >= 15 is 0 Å². The van der Waals surface area contributed by atoms with Gasteiger partial charge in [-0.3, -0.25) is 0 Å². The predicted octanol–water partition coefficient (Wildman–Crippen LogP) is 17.4. The van der Waals surface area contributed by atoms with Crippen LogP contribution in [-0.4, -0.2) is 61.3 Å². The summed E-state index contributed by atoms with van der Waals surface area (Å²) < 4.78 is 29.3. The number of benzene rings is 4. The molecule has 4 bridgehead atoms. The van der Waals surface area contributed by atoms with Crippen LogP contribution in [0.2, 0.25) is 0 Å². The summed E-state index contributed by atoms with van der Waals surface area (Å²) in [6.07, 6.45) is 4.05. The molecule has 0 unspecified atom stereocenters. The largest absolute Gasteiger partial charge is 0.453 e. The molecular weight excluding hydrogens is 857 g/mol. The highest BCUT2D eigenvalue weighted by atomic mass is 16.7. The Morgan fingerprint density at radius 2 is 0.812 bits per heavy atom. The van der Waals surface area contributed by atoms with Crippen molar-refractivity contribution in [3.63, 3.8) is 0 Å². The highest BCUT2D eigenvalue weighted by Gasteiger charge is 2.56. The van der Waals surface area contributed by atoms with Gasteiger partial charge in [0, 0.05) is 16.9 Å². The molecule has 1 N–H and O–H groups in total. The van der Waals surface area contributed by atoms with Crippen LogP contribution < -0.4 is 0 Å². The van der Waals surface area contributed by atoms with Crippen molar-refractivity contribution in [2.24, 2.45) is 10.8 Å². The standard InChI is InChI=1S/C25H28O4.C22H26O3.15CH4/c1-4-22(26)29-23-24-27-16-21(28-24)15-25(23,13-19-11-7-5-9-17(19)2)14-20-12-8-6-10-18(20)3;1-15-7-3-5-9-17(15)11-22(12-18-10-6-4-8-16(18)2)13-19-14-24-21(25-19)20(22)23;;;;;;;;;;;;;;;/h4-12,21,23-24H,1,13-16H2,2-3H3;3-10,19-21,23H,11-14H2,1-2H3;15*1H4/t21-,23+,24+;19-,20+,21+;;;;;;;;;;;;;;;/m00.............../s1. The number of hydrogen-bond donors (Lipinski definition) is 1. The maximum absolute atomic E-state index is 12.2. The third kappa shape index (κ3) is 18.9. The first-order valence-corrected chi connectivity index (χ1v) is 19.3. The molecule has 4 aliphatic rings. The quantitative estimate of drug-likeness (QED) is 0.125. The average Bonchev–Trinajstić information content (AvgIpc) is 3.78. The van der Waals surface area contributed by atoms with E-state index in [2.05, 4.69) is 131 Å². The summed E-state index contributed by atoms with van der Waals surface area (Å²) in [5.41, 5.74) is 9.59. The van der Waals surface area contributed by atoms with Crippen molar-refractivity contribution in [1.82, 2.24) is 0 Å². The van der Waals surface area contributed by atoms with Gasteiger partial charge in [-0.15, -0.1) is 0 Å². The average molecular weight is 972 g/mol. The molecule has 7 heteroatoms. The predicted molar refractivity (Wildman–Crippen MR) is 310 cm³/mol. The molecule has 4 heterocycles. The highest BCUT2D eigenvalue weighted by molar-refractivity contribution is 5.81. The van der Waals surface area contributed by atoms with Crippen LogP contribution in [0.5, 0.6) is 0 Å². The molecule has 0 aliphatic carbocycles. The minimum absolute atomic E-state index is 0. The number of aliphatic hydroxyl groups is 1. The Morgan fingerprint density at radius 1 is 0.522 bits per heavy atom. The van der Waals surface area contributed by atoms with E-state index in [-0.39, 0.29) is 134 Å². The third-order valence-electron chi connectivity index (χ3n) is 12.2. The maximum Gasteiger partial charge on any atom is 0.330 e. The first-order valence-electron chi connectivity index (χ1n) is 19.3. The van der Waals surface area contributed by atoms with Crippen LogP contribution in [0, 0.1) is 38.5 Å². The lowest BCUT2D eigenvalue weighted by Crippen LogP contribution is -2.53. The molecule has 4 aromatic rings. The first-order chi connectivity index (χ1) is 26.1. The van der Waals surface area contributed by atoms with Crippen LogP contribution in [0.3, 0.4) is 0 Å². The molecule has 0 amide bonds. The van der Waals surface area contributed by atoms with Crippen molar-refractivity contribution >= 4 is 5.97 Å². The Bertz CT molecular complexity index is 1840. The van der Waals surface area contributed by atoms with Gasteiger partial charge in [-0.05, 0) is 111 Å². The zero-order valence-electron chi connectivity index (χ0n) is 32.0. The van der Waals surface area contributed by atoms with Crippen LogP contribution in [-0.2, 0) is 54.2 Å². The molecule has 0 spiro atoms. The second kappa shape index (κ2) is 36.8. The number of carbonyl (C=O) groups is 1. The topological polar surface area (TPSA) is 83.5 Å². The molecule has 4 aliphatic heterocycles. The van der Waals surface area contributed by atoms with Crippen molar-refractivity contribution in [3.8, 4) is 0 Å². The van der Waals surface area contributed by atoms with Crippen molar-refractivity contribution in [2.45, 2.75) is 215 Å². The van der Waals surface area contributed by atoms with Crippen molar-refractivity contribution < 1.29 is 33.6 Å². The lowest BCUT2D eigenvalue weighted by atomic mass is 9.67. The summed E-state index contributed by atoms with van der Waals surface area (Å²) in [7, 11) is 0. The van der Waals surface area contributed by atoms with Crippen LogP contribution >= 0.6 is 0 Å². The van der Waals surface area contributed by atoms with Gasteiger partial charge in [0.2, 0.25) is 0 Å². The van der Waals surface area contributed by atoms with E-state index in [4.69, 9.17) is 23.7 Å². The molecule has 7 nitrogen and oxygen atoms in total. The molecular formula is C62H114O7. The zero-order chi connectivity index (χ0) is 37.9. The number of ether oxygens (including phenoxy) is 5. The second-order valence-electron chi connectivity index (χ2n) is 16.0. The number of hydrogen-bond acceptors (Lipinski definition) is 7. The van der Waals surface area contributed by atoms with Gasteiger partial charge in [-0.1, -0.05) is 215 Å². The second-order valence-corrected chi connectivity index (χ2v) is 16.0. The third-order valence-corrected chi connectivity index (χ3v) is 12.2. The summed E-state index contributed by atoms with van der Waals surface area (Å²) in [5, 5.41) is 11.2. The molecule has 4 saturated heterocycles. The van der Waals surface area contributed by atoms with Gasteiger partial charge in [0.1, 0.15) is 6.10 Å². The van der Waals surface area contributed by atoms with Gasteiger partial charge in [0.05, 0.1) is 25.4 Å². The molecule has 4 aromatic carbocycles. The summed E-state index contributed by atoms with van der Waals surface area (Å²) in [6.45, 7) is 13.3. The van der Waals surface area contributed by atoms with E-state index in [0.29, 0.717) is 13.2 Å². The Morgan fingerprint density at radius 3 is 1.14 bits per heavy atom. The minimum Gasteiger partial charge on any atom is -0.453 e. The Kier molecular flexibility index (Phi) is 45.2. The number of rotatable bonds is 10. The van der Waals surface area contributed by atoms with Gasteiger partial charge in [0.15, 0.2) is 18.7 Å². The summed E-state index contributed by atoms with van der Waals surface area (Å²) >= 11 is 0. The fourth-order valence-electron chi connectivity index (χ4n) is 9.13. The zero-order valence-corrected chi connectivity index (χ0v) is 32.0. The van der Waals surface area contributed by atoms with Crippen LogP contribution in [0.4, 0.5) is 0 Å². The van der Waals surface area contributed by atoms with Gasteiger partial charge in [0.25, 0.3) is 0 Å². The van der Waals surface area contributed by atoms with Gasteiger partial charge < -0.3 is 28.8 Å². The number of carbonyl (C=O) groups excluding carboxylic acids is 1. The van der Waals surface area contributed by atoms with E-state index < -0.39 is 30.8 Å². The first kappa shape index (κ1) is 84.8.